The SMILES string of the molecule is C[C@@H](CO)C1CC[C@H]2C(O)CCC[C@]12C. The number of fused-ring (bicyclic) bond motifs is 1. The highest BCUT2D eigenvalue weighted by atomic mass is 16.3. The minimum Gasteiger partial charge on any atom is -0.396 e. The van der Waals surface area contributed by atoms with Crippen molar-refractivity contribution in [3.63, 3.8) is 0 Å². The van der Waals surface area contributed by atoms with Gasteiger partial charge in [-0.25, -0.2) is 0 Å². The van der Waals surface area contributed by atoms with Crippen LogP contribution in [0.5, 0.6) is 0 Å². The fraction of sp³-hybridized carbons (Fsp3) is 1.00. The van der Waals surface area contributed by atoms with E-state index in [-0.39, 0.29) is 6.10 Å². The lowest BCUT2D eigenvalue weighted by molar-refractivity contribution is -0.0321. The molecule has 2 saturated carbocycles. The maximum absolute atomic E-state index is 10.1. The lowest BCUT2D eigenvalue weighted by Gasteiger charge is -2.45. The Bertz CT molecular complexity index is 229. The smallest absolute Gasteiger partial charge is 0.0573 e. The predicted molar refractivity (Wildman–Crippen MR) is 60.4 cm³/mol. The first-order chi connectivity index (χ1) is 7.09. The fourth-order valence-corrected chi connectivity index (χ4v) is 4.25. The molecule has 0 radical (unpaired) electrons. The summed E-state index contributed by atoms with van der Waals surface area (Å²) < 4.78 is 0. The first kappa shape index (κ1) is 11.4. The second-order valence-corrected chi connectivity index (χ2v) is 5.92. The van der Waals surface area contributed by atoms with Crippen LogP contribution in [0.25, 0.3) is 0 Å². The van der Waals surface area contributed by atoms with Gasteiger partial charge in [-0.1, -0.05) is 20.3 Å². The van der Waals surface area contributed by atoms with Crippen molar-refractivity contribution < 1.29 is 10.2 Å². The zero-order valence-electron chi connectivity index (χ0n) is 9.95. The molecule has 2 fully saturated rings. The molecule has 0 saturated heterocycles. The van der Waals surface area contributed by atoms with Crippen LogP contribution < -0.4 is 0 Å². The quantitative estimate of drug-likeness (QED) is 0.736. The lowest BCUT2D eigenvalue weighted by Crippen LogP contribution is -2.41. The van der Waals surface area contributed by atoms with Crippen LogP contribution in [-0.4, -0.2) is 22.9 Å². The van der Waals surface area contributed by atoms with Gasteiger partial charge in [-0.3, -0.25) is 0 Å². The Labute approximate surface area is 92.7 Å². The summed E-state index contributed by atoms with van der Waals surface area (Å²) in [7, 11) is 0. The average molecular weight is 212 g/mol. The van der Waals surface area contributed by atoms with E-state index in [1.165, 1.54) is 12.8 Å². The van der Waals surface area contributed by atoms with Gasteiger partial charge < -0.3 is 10.2 Å². The third-order valence-corrected chi connectivity index (χ3v) is 5.14. The zero-order valence-corrected chi connectivity index (χ0v) is 9.95. The van der Waals surface area contributed by atoms with Gasteiger partial charge in [-0.2, -0.15) is 0 Å². The van der Waals surface area contributed by atoms with E-state index >= 15 is 0 Å². The topological polar surface area (TPSA) is 40.5 Å². The van der Waals surface area contributed by atoms with E-state index < -0.39 is 0 Å². The summed E-state index contributed by atoms with van der Waals surface area (Å²) in [6.07, 6.45) is 5.65. The monoisotopic (exact) mass is 212 g/mol. The number of aliphatic hydroxyl groups is 2. The van der Waals surface area contributed by atoms with E-state index in [2.05, 4.69) is 13.8 Å². The Kier molecular flexibility index (Phi) is 3.09. The van der Waals surface area contributed by atoms with Crippen LogP contribution in [0.2, 0.25) is 0 Å². The molecule has 0 amide bonds. The Morgan fingerprint density at radius 3 is 2.73 bits per heavy atom. The molecule has 2 aliphatic rings. The maximum Gasteiger partial charge on any atom is 0.0573 e. The van der Waals surface area contributed by atoms with Crippen LogP contribution in [0.3, 0.4) is 0 Å². The van der Waals surface area contributed by atoms with Gasteiger partial charge in [0.1, 0.15) is 0 Å². The van der Waals surface area contributed by atoms with Crippen molar-refractivity contribution in [2.24, 2.45) is 23.2 Å². The summed E-state index contributed by atoms with van der Waals surface area (Å²) in [5.74, 6) is 1.50. The van der Waals surface area contributed by atoms with Crippen LogP contribution in [-0.2, 0) is 0 Å². The molecule has 0 bridgehead atoms. The van der Waals surface area contributed by atoms with Gasteiger partial charge in [0.05, 0.1) is 6.10 Å². The van der Waals surface area contributed by atoms with Gasteiger partial charge in [0.15, 0.2) is 0 Å². The zero-order chi connectivity index (χ0) is 11.1. The van der Waals surface area contributed by atoms with Crippen LogP contribution in [0.1, 0.15) is 46.0 Å². The van der Waals surface area contributed by atoms with Crippen molar-refractivity contribution in [1.82, 2.24) is 0 Å². The molecule has 0 aromatic heterocycles. The molecule has 2 N–H and O–H groups in total. The molecule has 2 unspecified atom stereocenters. The van der Waals surface area contributed by atoms with Gasteiger partial charge >= 0.3 is 0 Å². The van der Waals surface area contributed by atoms with Crippen molar-refractivity contribution in [3.05, 3.63) is 0 Å². The van der Waals surface area contributed by atoms with Gasteiger partial charge in [-0.05, 0) is 48.9 Å². The molecule has 0 aromatic carbocycles. The summed E-state index contributed by atoms with van der Waals surface area (Å²) in [5.41, 5.74) is 0.291. The Morgan fingerprint density at radius 2 is 2.07 bits per heavy atom. The summed E-state index contributed by atoms with van der Waals surface area (Å²) in [6.45, 7) is 4.78. The van der Waals surface area contributed by atoms with Crippen molar-refractivity contribution in [2.45, 2.75) is 52.1 Å². The van der Waals surface area contributed by atoms with E-state index in [4.69, 9.17) is 0 Å². The highest BCUT2D eigenvalue weighted by Crippen LogP contribution is 2.57. The third-order valence-electron chi connectivity index (χ3n) is 5.14. The van der Waals surface area contributed by atoms with Crippen LogP contribution in [0.15, 0.2) is 0 Å². The number of rotatable bonds is 2. The van der Waals surface area contributed by atoms with E-state index in [0.29, 0.717) is 29.8 Å². The molecule has 2 aliphatic carbocycles. The van der Waals surface area contributed by atoms with Gasteiger partial charge in [-0.15, -0.1) is 0 Å². The van der Waals surface area contributed by atoms with Gasteiger partial charge in [0.25, 0.3) is 0 Å². The van der Waals surface area contributed by atoms with E-state index in [0.717, 1.165) is 19.3 Å². The van der Waals surface area contributed by atoms with Crippen molar-refractivity contribution in [1.29, 1.82) is 0 Å². The Morgan fingerprint density at radius 1 is 1.33 bits per heavy atom. The van der Waals surface area contributed by atoms with E-state index in [1.54, 1.807) is 0 Å². The first-order valence-electron chi connectivity index (χ1n) is 6.38. The standard InChI is InChI=1S/C13H24O2/c1-9(8-14)10-5-6-11-12(15)4-3-7-13(10,11)2/h9-12,14-15H,3-8H2,1-2H3/t9-,10?,11-,12?,13+/m0/s1. The summed E-state index contributed by atoms with van der Waals surface area (Å²) in [5, 5.41) is 19.4. The second-order valence-electron chi connectivity index (χ2n) is 5.92. The van der Waals surface area contributed by atoms with Crippen LogP contribution in [0, 0.1) is 23.2 Å². The normalized spacial score (nSPS) is 47.6. The molecule has 2 heteroatoms. The molecular weight excluding hydrogens is 188 g/mol. The third kappa shape index (κ3) is 1.72. The maximum atomic E-state index is 10.1. The minimum atomic E-state index is -0.0837. The van der Waals surface area contributed by atoms with E-state index in [1.807, 2.05) is 0 Å². The molecule has 5 atom stereocenters. The lowest BCUT2D eigenvalue weighted by atomic mass is 9.62. The highest BCUT2D eigenvalue weighted by Gasteiger charge is 2.51. The number of hydrogen-bond donors (Lipinski definition) is 2. The predicted octanol–water partition coefficient (Wildman–Crippen LogP) is 2.19. The molecule has 15 heavy (non-hydrogen) atoms. The highest BCUT2D eigenvalue weighted by molar-refractivity contribution is 5.01. The molecular formula is C13H24O2. The first-order valence-corrected chi connectivity index (χ1v) is 6.38. The van der Waals surface area contributed by atoms with Crippen LogP contribution >= 0.6 is 0 Å². The largest absolute Gasteiger partial charge is 0.396 e. The molecule has 88 valence electrons. The van der Waals surface area contributed by atoms with Crippen molar-refractivity contribution >= 4 is 0 Å². The molecule has 0 aromatic rings. The van der Waals surface area contributed by atoms with Crippen molar-refractivity contribution in [2.75, 3.05) is 6.61 Å². The van der Waals surface area contributed by atoms with Crippen LogP contribution in [0.4, 0.5) is 0 Å². The molecule has 2 rings (SSSR count). The minimum absolute atomic E-state index is 0.0837. The molecule has 0 spiro atoms. The molecule has 0 heterocycles. The summed E-state index contributed by atoms with van der Waals surface area (Å²) in [4.78, 5) is 0. The van der Waals surface area contributed by atoms with Gasteiger partial charge in [0.2, 0.25) is 0 Å². The number of hydrogen-bond acceptors (Lipinski definition) is 2. The Hall–Kier alpha value is -0.0800. The van der Waals surface area contributed by atoms with Crippen molar-refractivity contribution in [3.8, 4) is 0 Å². The molecule has 0 aliphatic heterocycles. The number of aliphatic hydroxyl groups excluding tert-OH is 2. The average Bonchev–Trinajstić information content (AvgIpc) is 2.56. The molecule has 2 nitrogen and oxygen atoms in total. The van der Waals surface area contributed by atoms with E-state index in [9.17, 15) is 10.2 Å². The van der Waals surface area contributed by atoms with Gasteiger partial charge in [0, 0.05) is 6.61 Å². The Balaban J connectivity index is 2.17. The summed E-state index contributed by atoms with van der Waals surface area (Å²) in [6, 6.07) is 0. The fourth-order valence-electron chi connectivity index (χ4n) is 4.25. The second kappa shape index (κ2) is 4.06. The summed E-state index contributed by atoms with van der Waals surface area (Å²) >= 11 is 0.